The van der Waals surface area contributed by atoms with E-state index < -0.39 is 17.8 Å². The molecule has 7 heteroatoms. The van der Waals surface area contributed by atoms with Gasteiger partial charge in [0.2, 0.25) is 5.91 Å². The Hall–Kier alpha value is -2.15. The number of ether oxygens (including phenoxy) is 1. The molecule has 0 saturated carbocycles. The summed E-state index contributed by atoms with van der Waals surface area (Å²) in [6.07, 6.45) is 0. The Balaban J connectivity index is 2.51. The van der Waals surface area contributed by atoms with Crippen LogP contribution >= 0.6 is 0 Å². The van der Waals surface area contributed by atoms with Gasteiger partial charge >= 0.3 is 5.97 Å². The molecule has 0 aliphatic heterocycles. The van der Waals surface area contributed by atoms with Crippen molar-refractivity contribution in [3.05, 3.63) is 30.1 Å². The van der Waals surface area contributed by atoms with Crippen LogP contribution in [0.4, 0.5) is 4.39 Å². The van der Waals surface area contributed by atoms with E-state index in [1.807, 2.05) is 0 Å². The molecule has 0 radical (unpaired) electrons. The molecule has 0 bridgehead atoms. The number of benzene rings is 1. The van der Waals surface area contributed by atoms with Gasteiger partial charge in [0.25, 0.3) is 0 Å². The molecular formula is C15H21FN2O4. The highest BCUT2D eigenvalue weighted by atomic mass is 19.1. The van der Waals surface area contributed by atoms with Crippen LogP contribution in [0.15, 0.2) is 24.3 Å². The monoisotopic (exact) mass is 312 g/mol. The summed E-state index contributed by atoms with van der Waals surface area (Å²) in [6, 6.07) is 5.31. The molecule has 6 nitrogen and oxygen atoms in total. The molecule has 1 unspecified atom stereocenters. The SMILES string of the molecule is CC(=O)NCCN(CCOc1ccccc1F)C(C)C(=O)O. The number of rotatable bonds is 9. The minimum Gasteiger partial charge on any atom is -0.489 e. The van der Waals surface area contributed by atoms with Crippen molar-refractivity contribution in [2.75, 3.05) is 26.2 Å². The number of carboxylic acids is 1. The van der Waals surface area contributed by atoms with Gasteiger partial charge in [0.15, 0.2) is 11.6 Å². The van der Waals surface area contributed by atoms with Gasteiger partial charge in [0.05, 0.1) is 0 Å². The first kappa shape index (κ1) is 17.9. The van der Waals surface area contributed by atoms with Crippen LogP contribution in [0, 0.1) is 5.82 Å². The topological polar surface area (TPSA) is 78.9 Å². The predicted octanol–water partition coefficient (Wildman–Crippen LogP) is 1.12. The van der Waals surface area contributed by atoms with Crippen LogP contribution < -0.4 is 10.1 Å². The number of nitrogens with one attached hydrogen (secondary N) is 1. The van der Waals surface area contributed by atoms with Crippen molar-refractivity contribution in [2.24, 2.45) is 0 Å². The van der Waals surface area contributed by atoms with Gasteiger partial charge in [-0.05, 0) is 19.1 Å². The lowest BCUT2D eigenvalue weighted by atomic mass is 10.2. The Morgan fingerprint density at radius 3 is 2.64 bits per heavy atom. The molecule has 0 fully saturated rings. The summed E-state index contributed by atoms with van der Waals surface area (Å²) >= 11 is 0. The van der Waals surface area contributed by atoms with Gasteiger partial charge in [-0.25, -0.2) is 4.39 Å². The molecule has 22 heavy (non-hydrogen) atoms. The maximum absolute atomic E-state index is 13.4. The fourth-order valence-electron chi connectivity index (χ4n) is 1.87. The molecule has 0 aliphatic rings. The van der Waals surface area contributed by atoms with Crippen molar-refractivity contribution >= 4 is 11.9 Å². The third-order valence-corrected chi connectivity index (χ3v) is 3.15. The average Bonchev–Trinajstić information content (AvgIpc) is 2.46. The normalized spacial score (nSPS) is 12.0. The Morgan fingerprint density at radius 1 is 1.36 bits per heavy atom. The van der Waals surface area contributed by atoms with E-state index in [9.17, 15) is 14.0 Å². The first-order valence-electron chi connectivity index (χ1n) is 7.00. The van der Waals surface area contributed by atoms with Gasteiger partial charge in [-0.1, -0.05) is 12.1 Å². The van der Waals surface area contributed by atoms with Crippen LogP contribution in [-0.2, 0) is 9.59 Å². The number of nitrogens with zero attached hydrogens (tertiary/aromatic N) is 1. The Morgan fingerprint density at radius 2 is 2.05 bits per heavy atom. The summed E-state index contributed by atoms with van der Waals surface area (Å²) in [5.74, 6) is -1.47. The van der Waals surface area contributed by atoms with Crippen LogP contribution in [0.1, 0.15) is 13.8 Å². The molecule has 1 aromatic carbocycles. The lowest BCUT2D eigenvalue weighted by molar-refractivity contribution is -0.142. The largest absolute Gasteiger partial charge is 0.489 e. The molecule has 2 N–H and O–H groups in total. The van der Waals surface area contributed by atoms with E-state index in [-0.39, 0.29) is 18.3 Å². The van der Waals surface area contributed by atoms with E-state index in [0.717, 1.165) is 0 Å². The number of hydrogen-bond donors (Lipinski definition) is 2. The minimum atomic E-state index is -0.964. The van der Waals surface area contributed by atoms with Crippen molar-refractivity contribution in [3.8, 4) is 5.75 Å². The van der Waals surface area contributed by atoms with Crippen molar-refractivity contribution in [1.82, 2.24) is 10.2 Å². The number of halogens is 1. The highest BCUT2D eigenvalue weighted by Gasteiger charge is 2.20. The summed E-state index contributed by atoms with van der Waals surface area (Å²) in [5.41, 5.74) is 0. The lowest BCUT2D eigenvalue weighted by Crippen LogP contribution is -2.45. The van der Waals surface area contributed by atoms with Crippen LogP contribution in [0.5, 0.6) is 5.75 Å². The Kier molecular flexibility index (Phi) is 7.31. The molecule has 1 atom stereocenters. The van der Waals surface area contributed by atoms with Crippen LogP contribution in [0.25, 0.3) is 0 Å². The van der Waals surface area contributed by atoms with Crippen molar-refractivity contribution in [2.45, 2.75) is 19.9 Å². The summed E-state index contributed by atoms with van der Waals surface area (Å²) in [5, 5.41) is 11.7. The Bertz CT molecular complexity index is 510. The molecule has 0 aromatic heterocycles. The second kappa shape index (κ2) is 8.99. The number of amides is 1. The van der Waals surface area contributed by atoms with Crippen LogP contribution in [0.2, 0.25) is 0 Å². The second-order valence-electron chi connectivity index (χ2n) is 4.81. The minimum absolute atomic E-state index is 0.132. The van der Waals surface area contributed by atoms with Crippen molar-refractivity contribution in [1.29, 1.82) is 0 Å². The van der Waals surface area contributed by atoms with E-state index in [4.69, 9.17) is 9.84 Å². The van der Waals surface area contributed by atoms with E-state index in [2.05, 4.69) is 5.32 Å². The summed E-state index contributed by atoms with van der Waals surface area (Å²) in [6.45, 7) is 4.12. The number of hydrogen-bond acceptors (Lipinski definition) is 4. The van der Waals surface area contributed by atoms with Gasteiger partial charge in [-0.15, -0.1) is 0 Å². The highest BCUT2D eigenvalue weighted by molar-refractivity contribution is 5.73. The first-order valence-corrected chi connectivity index (χ1v) is 7.00. The predicted molar refractivity (Wildman–Crippen MR) is 79.2 cm³/mol. The Labute approximate surface area is 128 Å². The van der Waals surface area contributed by atoms with Crippen LogP contribution in [0.3, 0.4) is 0 Å². The number of aliphatic carboxylic acids is 1. The molecule has 0 saturated heterocycles. The molecule has 0 spiro atoms. The number of carbonyl (C=O) groups excluding carboxylic acids is 1. The molecule has 0 heterocycles. The summed E-state index contributed by atoms with van der Waals surface area (Å²) in [4.78, 5) is 23.6. The number of para-hydroxylation sites is 1. The van der Waals surface area contributed by atoms with Gasteiger partial charge in [0.1, 0.15) is 12.6 Å². The van der Waals surface area contributed by atoms with Gasteiger partial charge in [-0.2, -0.15) is 0 Å². The van der Waals surface area contributed by atoms with E-state index >= 15 is 0 Å². The maximum Gasteiger partial charge on any atom is 0.320 e. The third-order valence-electron chi connectivity index (χ3n) is 3.15. The molecular weight excluding hydrogens is 291 g/mol. The standard InChI is InChI=1S/C15H21FN2O4/c1-11(15(20)21)18(8-7-17-12(2)19)9-10-22-14-6-4-3-5-13(14)16/h3-6,11H,7-10H2,1-2H3,(H,17,19)(H,20,21). The quantitative estimate of drug-likeness (QED) is 0.714. The summed E-state index contributed by atoms with van der Waals surface area (Å²) in [7, 11) is 0. The molecule has 0 aliphatic carbocycles. The van der Waals surface area contributed by atoms with Gasteiger partial charge < -0.3 is 15.2 Å². The van der Waals surface area contributed by atoms with Crippen LogP contribution in [-0.4, -0.2) is 54.2 Å². The first-order chi connectivity index (χ1) is 10.4. The maximum atomic E-state index is 13.4. The fourth-order valence-corrected chi connectivity index (χ4v) is 1.87. The van der Waals surface area contributed by atoms with Crippen molar-refractivity contribution < 1.29 is 23.8 Å². The number of carboxylic acid groups (broad SMARTS) is 1. The third kappa shape index (κ3) is 6.09. The van der Waals surface area contributed by atoms with E-state index in [1.54, 1.807) is 24.0 Å². The number of carbonyl (C=O) groups is 2. The zero-order valence-corrected chi connectivity index (χ0v) is 12.7. The highest BCUT2D eigenvalue weighted by Crippen LogP contribution is 2.15. The fraction of sp³-hybridized carbons (Fsp3) is 0.467. The molecule has 122 valence electrons. The smallest absolute Gasteiger partial charge is 0.320 e. The second-order valence-corrected chi connectivity index (χ2v) is 4.81. The molecule has 1 amide bonds. The zero-order valence-electron chi connectivity index (χ0n) is 12.7. The molecule has 1 rings (SSSR count). The summed E-state index contributed by atoms with van der Waals surface area (Å²) < 4.78 is 18.7. The lowest BCUT2D eigenvalue weighted by Gasteiger charge is -2.26. The average molecular weight is 312 g/mol. The zero-order chi connectivity index (χ0) is 16.5. The van der Waals surface area contributed by atoms with E-state index in [0.29, 0.717) is 19.6 Å². The van der Waals surface area contributed by atoms with Crippen molar-refractivity contribution in [3.63, 3.8) is 0 Å². The van der Waals surface area contributed by atoms with Gasteiger partial charge in [-0.3, -0.25) is 14.5 Å². The molecule has 1 aromatic rings. The van der Waals surface area contributed by atoms with Gasteiger partial charge in [0, 0.05) is 26.6 Å². The van der Waals surface area contributed by atoms with E-state index in [1.165, 1.54) is 19.1 Å².